The van der Waals surface area contributed by atoms with E-state index in [1.54, 1.807) is 56.8 Å². The zero-order valence-electron chi connectivity index (χ0n) is 30.5. The lowest BCUT2D eigenvalue weighted by Crippen LogP contribution is -2.33. The molecule has 0 unspecified atom stereocenters. The van der Waals surface area contributed by atoms with Crippen LogP contribution in [0.4, 0.5) is 0 Å². The lowest BCUT2D eigenvalue weighted by atomic mass is 9.91. The van der Waals surface area contributed by atoms with Gasteiger partial charge in [0.05, 0.1) is 16.8 Å². The Hall–Kier alpha value is -4.71. The molecule has 2 aliphatic heterocycles. The quantitative estimate of drug-likeness (QED) is 0.164. The summed E-state index contributed by atoms with van der Waals surface area (Å²) in [6, 6.07) is 16.5. The number of fused-ring (bicyclic) bond motifs is 2. The van der Waals surface area contributed by atoms with Gasteiger partial charge >= 0.3 is 0 Å². The summed E-state index contributed by atoms with van der Waals surface area (Å²) >= 11 is 0. The predicted octanol–water partition coefficient (Wildman–Crippen LogP) is 6.37. The van der Waals surface area contributed by atoms with Gasteiger partial charge < -0.3 is 9.64 Å². The van der Waals surface area contributed by atoms with Crippen molar-refractivity contribution in [1.82, 2.24) is 23.7 Å². The smallest absolute Gasteiger partial charge is 0.269 e. The number of carbonyl (C=O) groups is 2. The Balaban J connectivity index is 1.25. The highest BCUT2D eigenvalue weighted by Crippen LogP contribution is 2.35. The van der Waals surface area contributed by atoms with E-state index in [2.05, 4.69) is 24.0 Å². The van der Waals surface area contributed by atoms with Crippen LogP contribution in [0.25, 0.3) is 33.5 Å². The SMILES string of the molecule is Cc1ccc(S(=O)(=O)n2cc(-c3ccc(C(=O)N(C)C)c(C)c3)c3nc(-c4cc(C)c5c(c4)CN(CCC(=O)C[C@@H]4CCOC4)CC5)cnc32)cc1. The molecule has 5 aromatic rings. The van der Waals surface area contributed by atoms with Crippen molar-refractivity contribution in [2.24, 2.45) is 5.92 Å². The number of nitrogens with zero attached hydrogens (tertiary/aromatic N) is 5. The normalized spacial score (nSPS) is 16.3. The van der Waals surface area contributed by atoms with Crippen molar-refractivity contribution in [3.63, 3.8) is 0 Å². The van der Waals surface area contributed by atoms with E-state index in [9.17, 15) is 18.0 Å². The summed E-state index contributed by atoms with van der Waals surface area (Å²) < 4.78 is 34.8. The van der Waals surface area contributed by atoms with Crippen molar-refractivity contribution in [3.05, 3.63) is 100 Å². The molecule has 1 fully saturated rings. The molecule has 0 aliphatic carbocycles. The molecule has 1 saturated heterocycles. The van der Waals surface area contributed by atoms with Gasteiger partial charge in [0.2, 0.25) is 0 Å². The van der Waals surface area contributed by atoms with Crippen LogP contribution in [0.1, 0.15) is 57.4 Å². The molecule has 0 spiro atoms. The molecule has 11 heteroatoms. The van der Waals surface area contributed by atoms with Crippen LogP contribution in [0.5, 0.6) is 0 Å². The first-order chi connectivity index (χ1) is 24.9. The zero-order valence-corrected chi connectivity index (χ0v) is 31.3. The van der Waals surface area contributed by atoms with E-state index < -0.39 is 10.0 Å². The molecular weight excluding hydrogens is 675 g/mol. The summed E-state index contributed by atoms with van der Waals surface area (Å²) in [7, 11) is -0.588. The van der Waals surface area contributed by atoms with Gasteiger partial charge in [-0.1, -0.05) is 29.8 Å². The van der Waals surface area contributed by atoms with Gasteiger partial charge in [-0.05, 0) is 97.7 Å². The molecule has 2 aliphatic rings. The van der Waals surface area contributed by atoms with Crippen molar-refractivity contribution in [2.75, 3.05) is 40.4 Å². The molecule has 4 heterocycles. The fraction of sp³-hybridized carbons (Fsp3) is 0.366. The second kappa shape index (κ2) is 14.4. The molecule has 52 heavy (non-hydrogen) atoms. The number of ketones is 1. The highest BCUT2D eigenvalue weighted by atomic mass is 32.2. The van der Waals surface area contributed by atoms with E-state index in [4.69, 9.17) is 14.7 Å². The van der Waals surface area contributed by atoms with E-state index in [1.165, 1.54) is 25.6 Å². The first-order valence-electron chi connectivity index (χ1n) is 17.9. The average Bonchev–Trinajstić information content (AvgIpc) is 3.78. The van der Waals surface area contributed by atoms with E-state index >= 15 is 0 Å². The van der Waals surface area contributed by atoms with Crippen LogP contribution < -0.4 is 0 Å². The second-order valence-corrected chi connectivity index (χ2v) is 16.3. The minimum absolute atomic E-state index is 0.109. The number of hydrogen-bond acceptors (Lipinski definition) is 8. The van der Waals surface area contributed by atoms with Crippen LogP contribution in [0.3, 0.4) is 0 Å². The van der Waals surface area contributed by atoms with Gasteiger partial charge in [0.1, 0.15) is 11.3 Å². The number of amides is 1. The predicted molar refractivity (Wildman–Crippen MR) is 202 cm³/mol. The summed E-state index contributed by atoms with van der Waals surface area (Å²) in [6.45, 7) is 9.73. The summed E-state index contributed by atoms with van der Waals surface area (Å²) in [4.78, 5) is 39.4. The van der Waals surface area contributed by atoms with Gasteiger partial charge in [0.15, 0.2) is 5.65 Å². The van der Waals surface area contributed by atoms with Gasteiger partial charge in [0, 0.05) is 82.7 Å². The van der Waals surface area contributed by atoms with Gasteiger partial charge in [-0.15, -0.1) is 0 Å². The van der Waals surface area contributed by atoms with E-state index in [1.807, 2.05) is 26.0 Å². The maximum absolute atomic E-state index is 14.1. The van der Waals surface area contributed by atoms with Gasteiger partial charge in [-0.2, -0.15) is 0 Å². The third-order valence-corrected chi connectivity index (χ3v) is 12.1. The van der Waals surface area contributed by atoms with Gasteiger partial charge in [-0.25, -0.2) is 22.4 Å². The molecule has 2 aromatic heterocycles. The Morgan fingerprint density at radius 1 is 0.981 bits per heavy atom. The van der Waals surface area contributed by atoms with Gasteiger partial charge in [-0.3, -0.25) is 14.5 Å². The lowest BCUT2D eigenvalue weighted by molar-refractivity contribution is -0.120. The van der Waals surface area contributed by atoms with E-state index in [-0.39, 0.29) is 16.4 Å². The first-order valence-corrected chi connectivity index (χ1v) is 19.3. The highest BCUT2D eigenvalue weighted by Gasteiger charge is 2.26. The third kappa shape index (κ3) is 7.05. The van der Waals surface area contributed by atoms with Crippen molar-refractivity contribution >= 4 is 32.9 Å². The molecule has 0 N–H and O–H groups in total. The van der Waals surface area contributed by atoms with Crippen LogP contribution in [-0.2, 0) is 32.5 Å². The number of carbonyl (C=O) groups excluding carboxylic acids is 2. The van der Waals surface area contributed by atoms with Crippen LogP contribution >= 0.6 is 0 Å². The molecule has 270 valence electrons. The minimum Gasteiger partial charge on any atom is -0.381 e. The number of ether oxygens (including phenoxy) is 1. The molecule has 0 bridgehead atoms. The summed E-state index contributed by atoms with van der Waals surface area (Å²) in [5, 5.41) is 0. The molecule has 3 aromatic carbocycles. The van der Waals surface area contributed by atoms with Crippen LogP contribution in [0, 0.1) is 26.7 Å². The zero-order chi connectivity index (χ0) is 36.7. The topological polar surface area (TPSA) is 115 Å². The Morgan fingerprint density at radius 2 is 1.75 bits per heavy atom. The Morgan fingerprint density at radius 3 is 2.46 bits per heavy atom. The average molecular weight is 720 g/mol. The lowest BCUT2D eigenvalue weighted by Gasteiger charge is -2.30. The molecule has 1 atom stereocenters. The number of benzene rings is 3. The fourth-order valence-electron chi connectivity index (χ4n) is 7.40. The van der Waals surface area contributed by atoms with Crippen molar-refractivity contribution < 1.29 is 22.7 Å². The number of aromatic nitrogens is 3. The maximum atomic E-state index is 14.1. The van der Waals surface area contributed by atoms with Crippen LogP contribution in [0.2, 0.25) is 0 Å². The molecule has 0 saturated carbocycles. The Kier molecular flexibility index (Phi) is 9.86. The minimum atomic E-state index is -4.02. The second-order valence-electron chi connectivity index (χ2n) is 14.5. The molecule has 0 radical (unpaired) electrons. The summed E-state index contributed by atoms with van der Waals surface area (Å²) in [5.74, 6) is 0.549. The Bertz CT molecular complexity index is 2290. The largest absolute Gasteiger partial charge is 0.381 e. The molecule has 7 rings (SSSR count). The fourth-order valence-corrected chi connectivity index (χ4v) is 8.71. The van der Waals surface area contributed by atoms with Crippen molar-refractivity contribution in [3.8, 4) is 22.4 Å². The van der Waals surface area contributed by atoms with Crippen molar-refractivity contribution in [2.45, 2.75) is 57.9 Å². The molecule has 1 amide bonds. The third-order valence-electron chi connectivity index (χ3n) is 10.4. The van der Waals surface area contributed by atoms with Crippen molar-refractivity contribution in [1.29, 1.82) is 0 Å². The standard InChI is InChI=1S/C41H45N5O5S/c1-26-6-9-34(10-7-26)52(49,50)46-24-37(30-8-11-36(28(3)18-30)41(48)44(4)5)39-40(46)42-22-38(43-39)31-19-27(2)35-13-16-45(23-32(35)21-31)15-12-33(47)20-29-14-17-51-25-29/h6-11,18-19,21-22,24,29H,12-17,20,23,25H2,1-5H3/t29-/m0/s1. The summed E-state index contributed by atoms with van der Waals surface area (Å²) in [6.07, 6.45) is 6.25. The highest BCUT2D eigenvalue weighted by molar-refractivity contribution is 7.90. The number of aryl methyl sites for hydroxylation is 3. The summed E-state index contributed by atoms with van der Waals surface area (Å²) in [5.41, 5.74) is 9.52. The first kappa shape index (κ1) is 35.7. The van der Waals surface area contributed by atoms with Crippen LogP contribution in [0.15, 0.2) is 71.9 Å². The van der Waals surface area contributed by atoms with Crippen LogP contribution in [-0.4, -0.2) is 84.2 Å². The monoisotopic (exact) mass is 719 g/mol. The van der Waals surface area contributed by atoms with Gasteiger partial charge in [0.25, 0.3) is 15.9 Å². The maximum Gasteiger partial charge on any atom is 0.269 e. The number of hydrogen-bond donors (Lipinski definition) is 0. The molecule has 10 nitrogen and oxygen atoms in total. The Labute approximate surface area is 305 Å². The molecular formula is C41H45N5O5S. The number of Topliss-reactive ketones (excluding diaryl/α,β-unsaturated/α-hetero) is 1. The number of rotatable bonds is 10. The van der Waals surface area contributed by atoms with E-state index in [0.717, 1.165) is 61.3 Å². The van der Waals surface area contributed by atoms with E-state index in [0.29, 0.717) is 53.5 Å².